The fourth-order valence-corrected chi connectivity index (χ4v) is 2.69. The summed E-state index contributed by atoms with van der Waals surface area (Å²) in [6, 6.07) is 1.94. The number of aryl methyl sites for hydroxylation is 2. The molecule has 2 heterocycles. The molecule has 0 aliphatic heterocycles. The standard InChI is InChI=1S/C12H14N4OS2/c1-6-3-7(2)15-11(9(6)10(13)18)14-4-8-5-19-12(17)16-8/h3,5H,4H2,1-2H3,(H2,13,18)(H,14,15)(H,16,17). The third-order valence-electron chi connectivity index (χ3n) is 2.61. The monoisotopic (exact) mass is 294 g/mol. The topological polar surface area (TPSA) is 83.8 Å². The Morgan fingerprint density at radius 3 is 2.89 bits per heavy atom. The van der Waals surface area contributed by atoms with Crippen LogP contribution in [0.4, 0.5) is 5.82 Å². The molecular formula is C12H14N4OS2. The second-order valence-corrected chi connectivity index (χ2v) is 5.48. The minimum absolute atomic E-state index is 0.0697. The zero-order valence-electron chi connectivity index (χ0n) is 10.6. The van der Waals surface area contributed by atoms with Crippen molar-refractivity contribution in [2.75, 3.05) is 5.32 Å². The maximum absolute atomic E-state index is 11.1. The van der Waals surface area contributed by atoms with Crippen LogP contribution < -0.4 is 15.9 Å². The van der Waals surface area contributed by atoms with Gasteiger partial charge in [-0.15, -0.1) is 0 Å². The number of rotatable bonds is 4. The van der Waals surface area contributed by atoms with E-state index in [-0.39, 0.29) is 4.87 Å². The first-order valence-corrected chi connectivity index (χ1v) is 6.94. The third kappa shape index (κ3) is 3.18. The van der Waals surface area contributed by atoms with Gasteiger partial charge in [0.2, 0.25) is 0 Å². The Kier molecular flexibility index (Phi) is 3.96. The van der Waals surface area contributed by atoms with Crippen LogP contribution in [0.2, 0.25) is 0 Å². The molecule has 0 saturated heterocycles. The zero-order valence-corrected chi connectivity index (χ0v) is 12.2. The van der Waals surface area contributed by atoms with E-state index in [1.807, 2.05) is 19.9 Å². The van der Waals surface area contributed by atoms with E-state index >= 15 is 0 Å². The van der Waals surface area contributed by atoms with Gasteiger partial charge in [0.1, 0.15) is 10.8 Å². The van der Waals surface area contributed by atoms with Gasteiger partial charge >= 0.3 is 4.87 Å². The summed E-state index contributed by atoms with van der Waals surface area (Å²) in [7, 11) is 0. The summed E-state index contributed by atoms with van der Waals surface area (Å²) in [4.78, 5) is 18.4. The molecule has 5 nitrogen and oxygen atoms in total. The third-order valence-corrected chi connectivity index (χ3v) is 3.53. The van der Waals surface area contributed by atoms with E-state index in [9.17, 15) is 4.79 Å². The molecule has 0 radical (unpaired) electrons. The molecule has 0 aliphatic rings. The Balaban J connectivity index is 2.28. The van der Waals surface area contributed by atoms with Gasteiger partial charge in [-0.2, -0.15) is 0 Å². The number of pyridine rings is 1. The van der Waals surface area contributed by atoms with Crippen LogP contribution in [-0.2, 0) is 6.54 Å². The Labute approximate surface area is 119 Å². The lowest BCUT2D eigenvalue weighted by molar-refractivity contribution is 1.03. The highest BCUT2D eigenvalue weighted by atomic mass is 32.1. The molecule has 4 N–H and O–H groups in total. The van der Waals surface area contributed by atoms with Crippen LogP contribution in [-0.4, -0.2) is 15.0 Å². The molecule has 0 atom stereocenters. The normalized spacial score (nSPS) is 10.4. The number of thiocarbonyl (C=S) groups is 1. The van der Waals surface area contributed by atoms with Crippen LogP contribution in [0.1, 0.15) is 22.5 Å². The van der Waals surface area contributed by atoms with Crippen LogP contribution in [0, 0.1) is 13.8 Å². The van der Waals surface area contributed by atoms with Crippen molar-refractivity contribution in [3.05, 3.63) is 43.6 Å². The van der Waals surface area contributed by atoms with Gasteiger partial charge in [0, 0.05) is 16.8 Å². The largest absolute Gasteiger partial charge is 0.389 e. The first kappa shape index (κ1) is 13.7. The van der Waals surface area contributed by atoms with Crippen molar-refractivity contribution < 1.29 is 0 Å². The minimum atomic E-state index is -0.0697. The Morgan fingerprint density at radius 2 is 2.32 bits per heavy atom. The number of thiazole rings is 1. The lowest BCUT2D eigenvalue weighted by Crippen LogP contribution is -2.17. The van der Waals surface area contributed by atoms with Crippen LogP contribution in [0.5, 0.6) is 0 Å². The first-order chi connectivity index (χ1) is 8.97. The molecule has 19 heavy (non-hydrogen) atoms. The van der Waals surface area contributed by atoms with E-state index in [2.05, 4.69) is 15.3 Å². The van der Waals surface area contributed by atoms with Gasteiger partial charge in [0.25, 0.3) is 0 Å². The lowest BCUT2D eigenvalue weighted by atomic mass is 10.1. The molecule has 2 aromatic heterocycles. The van der Waals surface area contributed by atoms with Gasteiger partial charge in [-0.05, 0) is 25.5 Å². The molecule has 100 valence electrons. The number of hydrogen-bond acceptors (Lipinski definition) is 5. The maximum atomic E-state index is 11.1. The summed E-state index contributed by atoms with van der Waals surface area (Å²) in [5, 5.41) is 4.94. The van der Waals surface area contributed by atoms with Gasteiger partial charge in [-0.3, -0.25) is 4.79 Å². The van der Waals surface area contributed by atoms with Gasteiger partial charge in [-0.1, -0.05) is 23.6 Å². The van der Waals surface area contributed by atoms with Crippen molar-refractivity contribution in [1.82, 2.24) is 9.97 Å². The number of nitrogens with zero attached hydrogens (tertiary/aromatic N) is 1. The van der Waals surface area contributed by atoms with E-state index in [1.54, 1.807) is 5.38 Å². The number of nitrogens with one attached hydrogen (secondary N) is 2. The molecule has 2 aromatic rings. The average molecular weight is 294 g/mol. The molecule has 2 rings (SSSR count). The quantitative estimate of drug-likeness (QED) is 0.747. The SMILES string of the molecule is Cc1cc(C)c(C(N)=S)c(NCc2csc(=O)[nH]2)n1. The van der Waals surface area contributed by atoms with Crippen molar-refractivity contribution in [1.29, 1.82) is 0 Å². The lowest BCUT2D eigenvalue weighted by Gasteiger charge is -2.13. The summed E-state index contributed by atoms with van der Waals surface area (Å²) in [5.41, 5.74) is 9.17. The predicted octanol–water partition coefficient (Wildman–Crippen LogP) is 1.69. The van der Waals surface area contributed by atoms with E-state index in [0.29, 0.717) is 17.4 Å². The predicted molar refractivity (Wildman–Crippen MR) is 81.9 cm³/mol. The maximum Gasteiger partial charge on any atom is 0.304 e. The smallest absolute Gasteiger partial charge is 0.304 e. The summed E-state index contributed by atoms with van der Waals surface area (Å²) in [6.45, 7) is 4.33. The molecule has 0 aliphatic carbocycles. The second kappa shape index (κ2) is 5.50. The van der Waals surface area contributed by atoms with Crippen LogP contribution in [0.25, 0.3) is 0 Å². The Morgan fingerprint density at radius 1 is 1.58 bits per heavy atom. The van der Waals surface area contributed by atoms with Crippen molar-refractivity contribution in [3.8, 4) is 0 Å². The van der Waals surface area contributed by atoms with Crippen LogP contribution >= 0.6 is 23.6 Å². The molecule has 0 fully saturated rings. The van der Waals surface area contributed by atoms with Crippen molar-refractivity contribution in [2.24, 2.45) is 5.73 Å². The second-order valence-electron chi connectivity index (χ2n) is 4.20. The molecule has 0 saturated carbocycles. The van der Waals surface area contributed by atoms with E-state index in [0.717, 1.165) is 33.9 Å². The minimum Gasteiger partial charge on any atom is -0.389 e. The molecule has 0 aromatic carbocycles. The molecular weight excluding hydrogens is 280 g/mol. The zero-order chi connectivity index (χ0) is 14.0. The molecule has 0 unspecified atom stereocenters. The van der Waals surface area contributed by atoms with Gasteiger partial charge in [0.05, 0.1) is 12.1 Å². The Bertz CT molecular complexity index is 675. The fraction of sp³-hybridized carbons (Fsp3) is 0.250. The van der Waals surface area contributed by atoms with Gasteiger partial charge in [0.15, 0.2) is 0 Å². The van der Waals surface area contributed by atoms with Gasteiger partial charge in [-0.25, -0.2) is 4.98 Å². The molecule has 0 bridgehead atoms. The number of hydrogen-bond donors (Lipinski definition) is 3. The first-order valence-electron chi connectivity index (χ1n) is 5.66. The number of anilines is 1. The number of aromatic nitrogens is 2. The number of aromatic amines is 1. The summed E-state index contributed by atoms with van der Waals surface area (Å²) < 4.78 is 0. The van der Waals surface area contributed by atoms with E-state index in [4.69, 9.17) is 18.0 Å². The summed E-state index contributed by atoms with van der Waals surface area (Å²) >= 11 is 6.19. The highest BCUT2D eigenvalue weighted by Gasteiger charge is 2.11. The molecule has 7 heteroatoms. The van der Waals surface area contributed by atoms with Crippen molar-refractivity contribution in [3.63, 3.8) is 0 Å². The highest BCUT2D eigenvalue weighted by molar-refractivity contribution is 7.80. The van der Waals surface area contributed by atoms with Crippen molar-refractivity contribution in [2.45, 2.75) is 20.4 Å². The van der Waals surface area contributed by atoms with Crippen molar-refractivity contribution >= 4 is 34.4 Å². The molecule has 0 spiro atoms. The van der Waals surface area contributed by atoms with E-state index in [1.165, 1.54) is 0 Å². The molecule has 0 amide bonds. The average Bonchev–Trinajstić information content (AvgIpc) is 2.71. The summed E-state index contributed by atoms with van der Waals surface area (Å²) in [6.07, 6.45) is 0. The Hall–Kier alpha value is -1.73. The fourth-order valence-electron chi connectivity index (χ4n) is 1.86. The summed E-state index contributed by atoms with van der Waals surface area (Å²) in [5.74, 6) is 0.650. The van der Waals surface area contributed by atoms with Crippen LogP contribution in [0.3, 0.4) is 0 Å². The van der Waals surface area contributed by atoms with Crippen LogP contribution in [0.15, 0.2) is 16.2 Å². The number of H-pyrrole nitrogens is 1. The highest BCUT2D eigenvalue weighted by Crippen LogP contribution is 2.19. The number of nitrogens with two attached hydrogens (primary N) is 1. The van der Waals surface area contributed by atoms with Gasteiger partial charge < -0.3 is 16.0 Å². The van der Waals surface area contributed by atoms with E-state index < -0.39 is 0 Å².